The van der Waals surface area contributed by atoms with Gasteiger partial charge in [-0.3, -0.25) is 9.69 Å². The molecule has 1 aromatic carbocycles. The molecule has 0 spiro atoms. The van der Waals surface area contributed by atoms with Crippen LogP contribution in [0.4, 0.5) is 0 Å². The number of benzene rings is 1. The first-order chi connectivity index (χ1) is 14.0. The zero-order valence-corrected chi connectivity index (χ0v) is 18.2. The van der Waals surface area contributed by atoms with Crippen molar-refractivity contribution in [1.82, 2.24) is 9.47 Å². The van der Waals surface area contributed by atoms with Crippen molar-refractivity contribution in [3.63, 3.8) is 0 Å². The third-order valence-corrected chi connectivity index (χ3v) is 8.39. The molecule has 3 atom stereocenters. The van der Waals surface area contributed by atoms with Gasteiger partial charge in [0.2, 0.25) is 5.91 Å². The van der Waals surface area contributed by atoms with Crippen LogP contribution in [-0.2, 0) is 11.2 Å². The monoisotopic (exact) mass is 393 g/mol. The van der Waals surface area contributed by atoms with Crippen LogP contribution in [-0.4, -0.2) is 34.5 Å². The molecule has 0 radical (unpaired) electrons. The molecule has 4 heteroatoms. The number of hydrogen-bond donors (Lipinski definition) is 1. The van der Waals surface area contributed by atoms with Gasteiger partial charge in [-0.2, -0.15) is 0 Å². The van der Waals surface area contributed by atoms with Gasteiger partial charge in [-0.25, -0.2) is 0 Å². The summed E-state index contributed by atoms with van der Waals surface area (Å²) in [6.45, 7) is 8.60. The van der Waals surface area contributed by atoms with Gasteiger partial charge >= 0.3 is 0 Å². The average Bonchev–Trinajstić information content (AvgIpc) is 3.37. The molecule has 1 saturated heterocycles. The molecule has 4 nitrogen and oxygen atoms in total. The predicted molar refractivity (Wildman–Crippen MR) is 118 cm³/mol. The Morgan fingerprint density at radius 2 is 2.03 bits per heavy atom. The van der Waals surface area contributed by atoms with Gasteiger partial charge < -0.3 is 10.3 Å². The maximum absolute atomic E-state index is 13.0. The fourth-order valence-corrected chi connectivity index (χ4v) is 6.96. The minimum absolute atomic E-state index is 0.0565. The maximum Gasteiger partial charge on any atom is 0.225 e. The summed E-state index contributed by atoms with van der Waals surface area (Å²) >= 11 is 0. The number of hydrogen-bond acceptors (Lipinski definition) is 2. The highest BCUT2D eigenvalue weighted by molar-refractivity contribution is 5.90. The fourth-order valence-electron chi connectivity index (χ4n) is 6.96. The highest BCUT2D eigenvalue weighted by atomic mass is 16.1. The van der Waals surface area contributed by atoms with Crippen molar-refractivity contribution in [1.29, 1.82) is 0 Å². The number of fused-ring (bicyclic) bond motifs is 2. The third-order valence-electron chi connectivity index (χ3n) is 8.39. The van der Waals surface area contributed by atoms with Crippen molar-refractivity contribution in [2.45, 2.75) is 77.3 Å². The molecular formula is C25H35N3O. The number of likely N-dealkylation sites (N-methyl/N-ethyl adjacent to an activating group) is 1. The fraction of sp³-hybridized carbons (Fsp3) is 0.640. The molecule has 2 N–H and O–H groups in total. The molecule has 0 bridgehead atoms. The second-order valence-electron chi connectivity index (χ2n) is 10.0. The molecule has 2 aliphatic carbocycles. The molecule has 2 aromatic rings. The van der Waals surface area contributed by atoms with Crippen LogP contribution in [0, 0.1) is 11.3 Å². The number of aromatic nitrogens is 1. The van der Waals surface area contributed by atoms with Crippen LogP contribution in [0.25, 0.3) is 10.9 Å². The SMILES string of the molecule is CCN1CC(C(N)=O)(C2CCCC2)C[C@@H]2c3cccc4c3c(cn4C(C)C)C[C@H]21. The summed E-state index contributed by atoms with van der Waals surface area (Å²) in [5.41, 5.74) is 10.1. The summed E-state index contributed by atoms with van der Waals surface area (Å²) < 4.78 is 2.43. The standard InChI is InChI=1S/C25H35N3O/c1-4-27-15-25(24(26)29,18-8-5-6-9-18)13-20-19-10-7-11-21-23(19)17(12-22(20)27)14-28(21)16(2)3/h7,10-11,14,16,18,20,22H,4-6,8-9,12-13,15H2,1-3H3,(H2,26,29)/t20-,22-,25?/m1/s1. The number of rotatable bonds is 4. The number of carbonyl (C=O) groups is 1. The van der Waals surface area contributed by atoms with Crippen molar-refractivity contribution in [2.24, 2.45) is 17.1 Å². The van der Waals surface area contributed by atoms with Crippen molar-refractivity contribution in [3.05, 3.63) is 35.5 Å². The summed E-state index contributed by atoms with van der Waals surface area (Å²) in [4.78, 5) is 15.6. The molecule has 1 saturated carbocycles. The molecule has 3 aliphatic rings. The van der Waals surface area contributed by atoms with Crippen LogP contribution in [0.3, 0.4) is 0 Å². The van der Waals surface area contributed by atoms with Crippen LogP contribution in [0.5, 0.6) is 0 Å². The highest BCUT2D eigenvalue weighted by Gasteiger charge is 2.54. The van der Waals surface area contributed by atoms with Gasteiger partial charge in [0.05, 0.1) is 5.41 Å². The Morgan fingerprint density at radius 3 is 2.69 bits per heavy atom. The molecule has 1 amide bonds. The Bertz CT molecular complexity index is 939. The van der Waals surface area contributed by atoms with Gasteiger partial charge in [0, 0.05) is 41.6 Å². The van der Waals surface area contributed by atoms with E-state index < -0.39 is 0 Å². The number of likely N-dealkylation sites (tertiary alicyclic amines) is 1. The minimum atomic E-state index is -0.367. The third kappa shape index (κ3) is 2.71. The number of carbonyl (C=O) groups excluding carboxylic acids is 1. The predicted octanol–water partition coefficient (Wildman–Crippen LogP) is 4.62. The minimum Gasteiger partial charge on any atom is -0.369 e. The van der Waals surface area contributed by atoms with E-state index in [1.165, 1.54) is 34.9 Å². The number of piperidine rings is 1. The highest BCUT2D eigenvalue weighted by Crippen LogP contribution is 2.54. The van der Waals surface area contributed by atoms with E-state index >= 15 is 0 Å². The molecule has 1 unspecified atom stereocenters. The lowest BCUT2D eigenvalue weighted by Crippen LogP contribution is -2.60. The lowest BCUT2D eigenvalue weighted by molar-refractivity contribution is -0.138. The van der Waals surface area contributed by atoms with Gasteiger partial charge in [-0.1, -0.05) is 31.9 Å². The van der Waals surface area contributed by atoms with Gasteiger partial charge in [-0.05, 0) is 69.2 Å². The first-order valence-electron chi connectivity index (χ1n) is 11.6. The van der Waals surface area contributed by atoms with E-state index in [0.29, 0.717) is 23.9 Å². The van der Waals surface area contributed by atoms with E-state index in [1.807, 2.05) is 0 Å². The Morgan fingerprint density at radius 1 is 1.28 bits per heavy atom. The molecule has 29 heavy (non-hydrogen) atoms. The van der Waals surface area contributed by atoms with E-state index in [4.69, 9.17) is 5.73 Å². The van der Waals surface area contributed by atoms with Crippen molar-refractivity contribution < 1.29 is 4.79 Å². The topological polar surface area (TPSA) is 51.3 Å². The van der Waals surface area contributed by atoms with Crippen LogP contribution in [0.2, 0.25) is 0 Å². The van der Waals surface area contributed by atoms with Gasteiger partial charge in [0.25, 0.3) is 0 Å². The lowest BCUT2D eigenvalue weighted by Gasteiger charge is -2.53. The zero-order valence-electron chi connectivity index (χ0n) is 18.2. The number of primary amides is 1. The number of nitrogens with two attached hydrogens (primary N) is 1. The Balaban J connectivity index is 1.65. The smallest absolute Gasteiger partial charge is 0.225 e. The summed E-state index contributed by atoms with van der Waals surface area (Å²) in [6.07, 6.45) is 9.22. The van der Waals surface area contributed by atoms with Crippen LogP contribution in [0.1, 0.15) is 76.0 Å². The van der Waals surface area contributed by atoms with Crippen LogP contribution >= 0.6 is 0 Å². The van der Waals surface area contributed by atoms with Crippen molar-refractivity contribution in [2.75, 3.05) is 13.1 Å². The van der Waals surface area contributed by atoms with Crippen LogP contribution < -0.4 is 5.73 Å². The lowest BCUT2D eigenvalue weighted by atomic mass is 9.61. The van der Waals surface area contributed by atoms with Crippen molar-refractivity contribution >= 4 is 16.8 Å². The first kappa shape index (κ1) is 19.2. The van der Waals surface area contributed by atoms with Crippen LogP contribution in [0.15, 0.2) is 24.4 Å². The Hall–Kier alpha value is -1.81. The first-order valence-corrected chi connectivity index (χ1v) is 11.6. The van der Waals surface area contributed by atoms with Gasteiger partial charge in [-0.15, -0.1) is 0 Å². The van der Waals surface area contributed by atoms with Crippen molar-refractivity contribution in [3.8, 4) is 0 Å². The summed E-state index contributed by atoms with van der Waals surface area (Å²) in [5.74, 6) is 0.797. The zero-order chi connectivity index (χ0) is 20.3. The van der Waals surface area contributed by atoms with E-state index in [0.717, 1.165) is 38.8 Å². The average molecular weight is 394 g/mol. The molecule has 5 rings (SSSR count). The molecule has 2 heterocycles. The Labute approximate surface area is 174 Å². The molecule has 1 aliphatic heterocycles. The Kier molecular flexibility index (Phi) is 4.54. The maximum atomic E-state index is 13.0. The summed E-state index contributed by atoms with van der Waals surface area (Å²) in [5, 5.41) is 1.45. The normalized spacial score (nSPS) is 30.2. The summed E-state index contributed by atoms with van der Waals surface area (Å²) in [7, 11) is 0. The molecule has 2 fully saturated rings. The number of amides is 1. The molecular weight excluding hydrogens is 358 g/mol. The number of nitrogens with zero attached hydrogens (tertiary/aromatic N) is 2. The largest absolute Gasteiger partial charge is 0.369 e. The van der Waals surface area contributed by atoms with E-state index in [2.05, 4.69) is 54.6 Å². The van der Waals surface area contributed by atoms with E-state index in [-0.39, 0.29) is 11.3 Å². The van der Waals surface area contributed by atoms with E-state index in [9.17, 15) is 4.79 Å². The van der Waals surface area contributed by atoms with Gasteiger partial charge in [0.1, 0.15) is 0 Å². The second-order valence-corrected chi connectivity index (χ2v) is 10.0. The second kappa shape index (κ2) is 6.87. The molecule has 156 valence electrons. The summed E-state index contributed by atoms with van der Waals surface area (Å²) in [6, 6.07) is 7.74. The quantitative estimate of drug-likeness (QED) is 0.824. The van der Waals surface area contributed by atoms with E-state index in [1.54, 1.807) is 0 Å². The molecule has 1 aromatic heterocycles. The van der Waals surface area contributed by atoms with Gasteiger partial charge in [0.15, 0.2) is 0 Å².